The molecule has 0 amide bonds. The number of hydrogen-bond acceptors (Lipinski definition) is 2. The van der Waals surface area contributed by atoms with Gasteiger partial charge in [0.1, 0.15) is 0 Å². The van der Waals surface area contributed by atoms with Crippen LogP contribution in [-0.4, -0.2) is 9.49 Å². The lowest BCUT2D eigenvalue weighted by Crippen LogP contribution is -1.98. The molecule has 0 fully saturated rings. The van der Waals surface area contributed by atoms with Gasteiger partial charge in [0.25, 0.3) is 5.69 Å². The molecule has 0 unspecified atom stereocenters. The fourth-order valence-corrected chi connectivity index (χ4v) is 2.41. The van der Waals surface area contributed by atoms with Crippen LogP contribution in [0.3, 0.4) is 0 Å². The second-order valence-electron chi connectivity index (χ2n) is 4.57. The minimum absolute atomic E-state index is 0.109. The molecular formula is C15H11ClN2O2. The molecule has 0 atom stereocenters. The van der Waals surface area contributed by atoms with Crippen molar-refractivity contribution in [1.82, 2.24) is 4.57 Å². The van der Waals surface area contributed by atoms with Crippen LogP contribution in [-0.2, 0) is 6.54 Å². The summed E-state index contributed by atoms with van der Waals surface area (Å²) in [4.78, 5) is 10.2. The summed E-state index contributed by atoms with van der Waals surface area (Å²) in [5.74, 6) is 0. The Morgan fingerprint density at radius 1 is 1.10 bits per heavy atom. The highest BCUT2D eigenvalue weighted by atomic mass is 35.5. The zero-order valence-corrected chi connectivity index (χ0v) is 11.2. The van der Waals surface area contributed by atoms with E-state index in [9.17, 15) is 10.1 Å². The molecule has 0 bridgehead atoms. The van der Waals surface area contributed by atoms with E-state index in [-0.39, 0.29) is 5.69 Å². The highest BCUT2D eigenvalue weighted by molar-refractivity contribution is 6.31. The van der Waals surface area contributed by atoms with E-state index < -0.39 is 4.92 Å². The van der Waals surface area contributed by atoms with E-state index in [0.717, 1.165) is 16.5 Å². The molecule has 0 saturated heterocycles. The van der Waals surface area contributed by atoms with Crippen LogP contribution in [0.25, 0.3) is 10.9 Å². The molecule has 4 nitrogen and oxygen atoms in total. The maximum atomic E-state index is 10.6. The number of non-ortho nitro benzene ring substituents is 1. The number of rotatable bonds is 3. The molecule has 0 aliphatic rings. The quantitative estimate of drug-likeness (QED) is 0.534. The number of nitrogens with zero attached hydrogens (tertiary/aromatic N) is 2. The van der Waals surface area contributed by atoms with E-state index in [0.29, 0.717) is 11.6 Å². The largest absolute Gasteiger partial charge is 0.343 e. The van der Waals surface area contributed by atoms with Gasteiger partial charge in [0.2, 0.25) is 0 Å². The Morgan fingerprint density at radius 3 is 2.55 bits per heavy atom. The van der Waals surface area contributed by atoms with Crippen molar-refractivity contribution in [2.24, 2.45) is 0 Å². The Labute approximate surface area is 120 Å². The topological polar surface area (TPSA) is 48.1 Å². The van der Waals surface area contributed by atoms with Gasteiger partial charge >= 0.3 is 0 Å². The average Bonchev–Trinajstić information content (AvgIpc) is 2.81. The summed E-state index contributed by atoms with van der Waals surface area (Å²) in [5.41, 5.74) is 2.22. The normalized spacial score (nSPS) is 10.8. The molecule has 0 saturated carbocycles. The van der Waals surface area contributed by atoms with Gasteiger partial charge in [-0.1, -0.05) is 23.7 Å². The zero-order valence-electron chi connectivity index (χ0n) is 10.5. The smallest absolute Gasteiger partial charge is 0.269 e. The van der Waals surface area contributed by atoms with Crippen molar-refractivity contribution in [3.05, 3.63) is 75.4 Å². The van der Waals surface area contributed by atoms with Crippen molar-refractivity contribution >= 4 is 28.2 Å². The van der Waals surface area contributed by atoms with Crippen LogP contribution < -0.4 is 0 Å². The first-order valence-corrected chi connectivity index (χ1v) is 6.49. The Kier molecular flexibility index (Phi) is 3.16. The lowest BCUT2D eigenvalue weighted by Gasteiger charge is -2.05. The van der Waals surface area contributed by atoms with E-state index >= 15 is 0 Å². The summed E-state index contributed by atoms with van der Waals surface area (Å²) in [6.07, 6.45) is 1.99. The summed E-state index contributed by atoms with van der Waals surface area (Å²) in [6.45, 7) is 0.670. The molecule has 1 heterocycles. The van der Waals surface area contributed by atoms with Crippen molar-refractivity contribution in [3.63, 3.8) is 0 Å². The van der Waals surface area contributed by atoms with Gasteiger partial charge in [-0.25, -0.2) is 0 Å². The van der Waals surface area contributed by atoms with Crippen LogP contribution in [0.5, 0.6) is 0 Å². The first kappa shape index (κ1) is 12.7. The van der Waals surface area contributed by atoms with Gasteiger partial charge in [-0.3, -0.25) is 10.1 Å². The van der Waals surface area contributed by atoms with Gasteiger partial charge in [-0.05, 0) is 29.8 Å². The molecule has 0 aliphatic heterocycles. The second-order valence-corrected chi connectivity index (χ2v) is 5.01. The van der Waals surface area contributed by atoms with Crippen LogP contribution in [0.15, 0.2) is 54.7 Å². The van der Waals surface area contributed by atoms with Crippen molar-refractivity contribution in [1.29, 1.82) is 0 Å². The van der Waals surface area contributed by atoms with Gasteiger partial charge in [-0.15, -0.1) is 0 Å². The van der Waals surface area contributed by atoms with E-state index in [1.807, 2.05) is 30.5 Å². The van der Waals surface area contributed by atoms with Crippen molar-refractivity contribution in [3.8, 4) is 0 Å². The Bertz CT molecular complexity index is 778. The van der Waals surface area contributed by atoms with Crippen LogP contribution >= 0.6 is 11.6 Å². The average molecular weight is 287 g/mol. The molecule has 0 radical (unpaired) electrons. The fourth-order valence-electron chi connectivity index (χ4n) is 2.23. The maximum Gasteiger partial charge on any atom is 0.269 e. The molecule has 3 aromatic rings. The predicted molar refractivity (Wildman–Crippen MR) is 79.1 cm³/mol. The number of halogens is 1. The van der Waals surface area contributed by atoms with Crippen molar-refractivity contribution in [2.75, 3.05) is 0 Å². The van der Waals surface area contributed by atoms with E-state index in [4.69, 9.17) is 11.6 Å². The van der Waals surface area contributed by atoms with Gasteiger partial charge in [0, 0.05) is 40.8 Å². The molecule has 100 valence electrons. The van der Waals surface area contributed by atoms with Crippen LogP contribution in [0.4, 0.5) is 5.69 Å². The fraction of sp³-hybridized carbons (Fsp3) is 0.0667. The number of benzene rings is 2. The maximum absolute atomic E-state index is 10.6. The SMILES string of the molecule is O=[N+]([O-])c1ccc(Cn2ccc3cc(Cl)ccc32)cc1. The van der Waals surface area contributed by atoms with Gasteiger partial charge in [0.05, 0.1) is 4.92 Å². The van der Waals surface area contributed by atoms with Gasteiger partial charge in [0.15, 0.2) is 0 Å². The van der Waals surface area contributed by atoms with Crippen molar-refractivity contribution in [2.45, 2.75) is 6.54 Å². The Hall–Kier alpha value is -2.33. The molecule has 3 rings (SSSR count). The number of hydrogen-bond donors (Lipinski definition) is 0. The Morgan fingerprint density at radius 2 is 1.85 bits per heavy atom. The standard InChI is InChI=1S/C15H11ClN2O2/c16-13-3-6-15-12(9-13)7-8-17(15)10-11-1-4-14(5-2-11)18(19)20/h1-9H,10H2. The van der Waals surface area contributed by atoms with Crippen LogP contribution in [0.2, 0.25) is 5.02 Å². The molecule has 2 aromatic carbocycles. The minimum Gasteiger partial charge on any atom is -0.343 e. The number of nitro groups is 1. The first-order valence-electron chi connectivity index (χ1n) is 6.11. The lowest BCUT2D eigenvalue weighted by atomic mass is 10.2. The molecule has 1 aromatic heterocycles. The molecule has 20 heavy (non-hydrogen) atoms. The Balaban J connectivity index is 1.91. The van der Waals surface area contributed by atoms with E-state index in [1.54, 1.807) is 12.1 Å². The summed E-state index contributed by atoms with van der Waals surface area (Å²) in [5, 5.41) is 12.4. The van der Waals surface area contributed by atoms with Gasteiger partial charge in [-0.2, -0.15) is 0 Å². The second kappa shape index (κ2) is 4.98. The summed E-state index contributed by atoms with van der Waals surface area (Å²) in [7, 11) is 0. The zero-order chi connectivity index (χ0) is 14.1. The van der Waals surface area contributed by atoms with Crippen LogP contribution in [0, 0.1) is 10.1 Å². The molecule has 5 heteroatoms. The van der Waals surface area contributed by atoms with E-state index in [2.05, 4.69) is 4.57 Å². The third kappa shape index (κ3) is 2.38. The minimum atomic E-state index is -0.392. The lowest BCUT2D eigenvalue weighted by molar-refractivity contribution is -0.384. The van der Waals surface area contributed by atoms with E-state index in [1.165, 1.54) is 12.1 Å². The molecule has 0 aliphatic carbocycles. The highest BCUT2D eigenvalue weighted by Crippen LogP contribution is 2.22. The number of nitro benzene ring substituents is 1. The summed E-state index contributed by atoms with van der Waals surface area (Å²) < 4.78 is 2.09. The summed E-state index contributed by atoms with van der Waals surface area (Å²) >= 11 is 5.96. The van der Waals surface area contributed by atoms with Crippen LogP contribution in [0.1, 0.15) is 5.56 Å². The van der Waals surface area contributed by atoms with Crippen molar-refractivity contribution < 1.29 is 4.92 Å². The molecule has 0 N–H and O–H groups in total. The summed E-state index contributed by atoms with van der Waals surface area (Å²) in [6, 6.07) is 14.4. The predicted octanol–water partition coefficient (Wildman–Crippen LogP) is 4.25. The first-order chi connectivity index (χ1) is 9.63. The third-order valence-electron chi connectivity index (χ3n) is 3.23. The highest BCUT2D eigenvalue weighted by Gasteiger charge is 2.06. The molecular weight excluding hydrogens is 276 g/mol. The third-order valence-corrected chi connectivity index (χ3v) is 3.47. The molecule has 0 spiro atoms. The monoisotopic (exact) mass is 286 g/mol. The number of aromatic nitrogens is 1. The number of fused-ring (bicyclic) bond motifs is 1. The van der Waals surface area contributed by atoms with Gasteiger partial charge < -0.3 is 4.57 Å².